The van der Waals surface area contributed by atoms with Crippen molar-refractivity contribution in [1.29, 1.82) is 0 Å². The van der Waals surface area contributed by atoms with Crippen LogP contribution in [0.2, 0.25) is 0 Å². The number of carboxylic acids is 1. The van der Waals surface area contributed by atoms with Gasteiger partial charge in [-0.05, 0) is 18.1 Å². The van der Waals surface area contributed by atoms with Gasteiger partial charge >= 0.3 is 13.6 Å². The largest absolute Gasteiger partial charge is 0.479 e. The van der Waals surface area contributed by atoms with Crippen LogP contribution in [-0.4, -0.2) is 21.0 Å². The number of fused-ring (bicyclic) bond motifs is 1. The first-order chi connectivity index (χ1) is 12.4. The van der Waals surface area contributed by atoms with Gasteiger partial charge in [-0.25, -0.2) is 4.79 Å². The Kier molecular flexibility index (Phi) is 5.01. The van der Waals surface area contributed by atoms with Crippen molar-refractivity contribution < 1.29 is 23.9 Å². The van der Waals surface area contributed by atoms with Crippen LogP contribution in [0.25, 0.3) is 10.9 Å². The van der Waals surface area contributed by atoms with E-state index in [4.69, 9.17) is 4.52 Å². The highest BCUT2D eigenvalue weighted by molar-refractivity contribution is 7.52. The molecule has 0 bridgehead atoms. The highest BCUT2D eigenvalue weighted by Gasteiger charge is 2.47. The summed E-state index contributed by atoms with van der Waals surface area (Å²) < 4.78 is 18.2. The van der Waals surface area contributed by atoms with E-state index in [0.29, 0.717) is 16.5 Å². The minimum atomic E-state index is -4.22. The third-order valence-electron chi connectivity index (χ3n) is 4.39. The van der Waals surface area contributed by atoms with E-state index in [9.17, 15) is 19.4 Å². The highest BCUT2D eigenvalue weighted by atomic mass is 31.2. The number of carbonyl (C=O) groups is 1. The maximum absolute atomic E-state index is 12.8. The molecule has 0 aliphatic rings. The molecule has 0 spiro atoms. The van der Waals surface area contributed by atoms with Crippen LogP contribution in [-0.2, 0) is 25.6 Å². The lowest BCUT2D eigenvalue weighted by molar-refractivity contribution is -0.157. The molecule has 3 N–H and O–H groups in total. The average Bonchev–Trinajstić information content (AvgIpc) is 3.04. The summed E-state index contributed by atoms with van der Waals surface area (Å²) >= 11 is 0. The second-order valence-electron chi connectivity index (χ2n) is 6.11. The molecule has 1 heterocycles. The Labute approximate surface area is 151 Å². The molecule has 0 radical (unpaired) electrons. The molecule has 2 atom stereocenters. The van der Waals surface area contributed by atoms with Gasteiger partial charge in [0, 0.05) is 22.7 Å². The Hall–Kier alpha value is -2.40. The first kappa shape index (κ1) is 18.4. The van der Waals surface area contributed by atoms with Crippen molar-refractivity contribution in [2.75, 3.05) is 0 Å². The fourth-order valence-corrected chi connectivity index (χ4v) is 4.63. The van der Waals surface area contributed by atoms with E-state index in [0.717, 1.165) is 5.52 Å². The molecule has 0 fully saturated rings. The standard InChI is InChI=1S/C19H20NO5P/c1-2-19(18(21)22,16-12-20-17-11-7-6-10-15(16)17)25-26(23,24)13-14-8-4-3-5-9-14/h3-12,20H,2,13H2,1H3,(H,21,22)(H,23,24). The number of H-pyrrole nitrogens is 1. The summed E-state index contributed by atoms with van der Waals surface area (Å²) in [5.41, 5.74) is -0.238. The Balaban J connectivity index is 2.03. The minimum Gasteiger partial charge on any atom is -0.479 e. The first-order valence-corrected chi connectivity index (χ1v) is 10.0. The second kappa shape index (κ2) is 7.08. The molecule has 7 heteroatoms. The van der Waals surface area contributed by atoms with Gasteiger partial charge in [-0.15, -0.1) is 0 Å². The SMILES string of the molecule is CCC(OP(=O)(O)Cc1ccccc1)(C(=O)O)c1c[nH]c2ccccc12. The van der Waals surface area contributed by atoms with E-state index < -0.39 is 19.2 Å². The summed E-state index contributed by atoms with van der Waals surface area (Å²) in [6.07, 6.45) is 1.28. The summed E-state index contributed by atoms with van der Waals surface area (Å²) in [5, 5.41) is 10.6. The van der Waals surface area contributed by atoms with Gasteiger partial charge in [0.25, 0.3) is 0 Å². The molecule has 3 rings (SSSR count). The molecule has 0 aliphatic carbocycles. The summed E-state index contributed by atoms with van der Waals surface area (Å²) in [6, 6.07) is 15.9. The minimum absolute atomic E-state index is 0.00349. The predicted octanol–water partition coefficient (Wildman–Crippen LogP) is 4.26. The third-order valence-corrected chi connectivity index (χ3v) is 5.75. The lowest BCUT2D eigenvalue weighted by atomic mass is 9.91. The van der Waals surface area contributed by atoms with Crippen LogP contribution in [0, 0.1) is 0 Å². The summed E-state index contributed by atoms with van der Waals surface area (Å²) in [7, 11) is -4.22. The Bertz CT molecular complexity index is 968. The van der Waals surface area contributed by atoms with Gasteiger partial charge in [0.2, 0.25) is 5.60 Å². The Morgan fingerprint density at radius 2 is 1.81 bits per heavy atom. The van der Waals surface area contributed by atoms with Crippen LogP contribution in [0.3, 0.4) is 0 Å². The predicted molar refractivity (Wildman–Crippen MR) is 99.0 cm³/mol. The van der Waals surface area contributed by atoms with Gasteiger partial charge in [-0.2, -0.15) is 0 Å². The lowest BCUT2D eigenvalue weighted by Gasteiger charge is -2.30. The van der Waals surface area contributed by atoms with Gasteiger partial charge in [0.05, 0.1) is 6.16 Å². The molecule has 0 aliphatic heterocycles. The van der Waals surface area contributed by atoms with Crippen molar-refractivity contribution >= 4 is 24.5 Å². The number of hydrogen-bond donors (Lipinski definition) is 3. The fourth-order valence-electron chi connectivity index (χ4n) is 3.11. The van der Waals surface area contributed by atoms with Gasteiger partial charge in [0.1, 0.15) is 0 Å². The first-order valence-electron chi connectivity index (χ1n) is 8.24. The van der Waals surface area contributed by atoms with Crippen molar-refractivity contribution in [2.45, 2.75) is 25.1 Å². The Morgan fingerprint density at radius 1 is 1.15 bits per heavy atom. The Morgan fingerprint density at radius 3 is 2.46 bits per heavy atom. The lowest BCUT2D eigenvalue weighted by Crippen LogP contribution is -2.37. The number of rotatable bonds is 7. The maximum atomic E-state index is 12.8. The van der Waals surface area contributed by atoms with E-state index in [2.05, 4.69) is 4.98 Å². The number of carboxylic acid groups (broad SMARTS) is 1. The molecule has 3 aromatic rings. The summed E-state index contributed by atoms with van der Waals surface area (Å²) in [6.45, 7) is 1.62. The zero-order valence-electron chi connectivity index (χ0n) is 14.3. The van der Waals surface area contributed by atoms with Crippen molar-refractivity contribution in [3.05, 3.63) is 71.9 Å². The van der Waals surface area contributed by atoms with Crippen molar-refractivity contribution in [1.82, 2.24) is 4.98 Å². The van der Waals surface area contributed by atoms with E-state index in [-0.39, 0.29) is 12.6 Å². The summed E-state index contributed by atoms with van der Waals surface area (Å²) in [4.78, 5) is 25.6. The number of aromatic nitrogens is 1. The summed E-state index contributed by atoms with van der Waals surface area (Å²) in [5.74, 6) is -1.30. The maximum Gasteiger partial charge on any atom is 0.341 e. The number of nitrogens with one attached hydrogen (secondary N) is 1. The quantitative estimate of drug-likeness (QED) is 0.538. The van der Waals surface area contributed by atoms with Gasteiger partial charge < -0.3 is 15.0 Å². The molecule has 6 nitrogen and oxygen atoms in total. The van der Waals surface area contributed by atoms with Gasteiger partial charge in [-0.3, -0.25) is 9.09 Å². The number of aliphatic carboxylic acids is 1. The number of para-hydroxylation sites is 1. The second-order valence-corrected chi connectivity index (χ2v) is 7.88. The van der Waals surface area contributed by atoms with Crippen LogP contribution >= 0.6 is 7.60 Å². The molecular formula is C19H20NO5P. The number of aromatic amines is 1. The molecule has 0 saturated heterocycles. The monoisotopic (exact) mass is 373 g/mol. The molecule has 1 aromatic heterocycles. The topological polar surface area (TPSA) is 99.6 Å². The van der Waals surface area contributed by atoms with Gasteiger partial charge in [-0.1, -0.05) is 55.5 Å². The van der Waals surface area contributed by atoms with Crippen molar-refractivity contribution in [3.63, 3.8) is 0 Å². The van der Waals surface area contributed by atoms with Gasteiger partial charge in [0.15, 0.2) is 0 Å². The van der Waals surface area contributed by atoms with Crippen LogP contribution in [0.5, 0.6) is 0 Å². The van der Waals surface area contributed by atoms with Crippen LogP contribution in [0.15, 0.2) is 60.8 Å². The molecule has 0 saturated carbocycles. The number of hydrogen-bond acceptors (Lipinski definition) is 3. The zero-order chi connectivity index (χ0) is 18.8. The van der Waals surface area contributed by atoms with Crippen LogP contribution < -0.4 is 0 Å². The molecule has 2 aromatic carbocycles. The molecule has 136 valence electrons. The molecule has 0 amide bonds. The fraction of sp³-hybridized carbons (Fsp3) is 0.211. The van der Waals surface area contributed by atoms with E-state index in [1.807, 2.05) is 12.1 Å². The molecular weight excluding hydrogens is 353 g/mol. The highest BCUT2D eigenvalue weighted by Crippen LogP contribution is 2.53. The average molecular weight is 373 g/mol. The molecule has 26 heavy (non-hydrogen) atoms. The van der Waals surface area contributed by atoms with E-state index in [1.165, 1.54) is 6.20 Å². The smallest absolute Gasteiger partial charge is 0.341 e. The van der Waals surface area contributed by atoms with Crippen molar-refractivity contribution in [2.24, 2.45) is 0 Å². The van der Waals surface area contributed by atoms with Crippen LogP contribution in [0.1, 0.15) is 24.5 Å². The van der Waals surface area contributed by atoms with E-state index in [1.54, 1.807) is 49.4 Å². The molecule has 2 unspecified atom stereocenters. The van der Waals surface area contributed by atoms with Crippen molar-refractivity contribution in [3.8, 4) is 0 Å². The van der Waals surface area contributed by atoms with E-state index >= 15 is 0 Å². The number of benzene rings is 2. The van der Waals surface area contributed by atoms with Crippen LogP contribution in [0.4, 0.5) is 0 Å². The zero-order valence-corrected chi connectivity index (χ0v) is 15.1. The third kappa shape index (κ3) is 3.44. The normalized spacial score (nSPS) is 16.1.